The van der Waals surface area contributed by atoms with Crippen LogP contribution in [0.2, 0.25) is 0 Å². The van der Waals surface area contributed by atoms with E-state index in [1.165, 1.54) is 37.0 Å². The molecule has 1 aliphatic rings. The molecular weight excluding hydrogens is 412 g/mol. The van der Waals surface area contributed by atoms with E-state index in [1.54, 1.807) is 10.4 Å². The molecule has 0 N–H and O–H groups in total. The van der Waals surface area contributed by atoms with Crippen molar-refractivity contribution in [3.05, 3.63) is 41.7 Å². The number of halogens is 2. The van der Waals surface area contributed by atoms with Crippen LogP contribution in [0.4, 0.5) is 0 Å². The highest BCUT2D eigenvalue weighted by Crippen LogP contribution is 2.43. The molecule has 18 heavy (non-hydrogen) atoms. The Morgan fingerprint density at radius 3 is 2.78 bits per heavy atom. The van der Waals surface area contributed by atoms with Gasteiger partial charge in [-0.05, 0) is 58.3 Å². The first kappa shape index (κ1) is 13.7. The van der Waals surface area contributed by atoms with Gasteiger partial charge in [-0.3, -0.25) is 0 Å². The van der Waals surface area contributed by atoms with Crippen LogP contribution in [0.25, 0.3) is 0 Å². The second kappa shape index (κ2) is 5.60. The van der Waals surface area contributed by atoms with Crippen LogP contribution in [0.5, 0.6) is 0 Å². The number of fused-ring (bicyclic) bond motifs is 1. The van der Waals surface area contributed by atoms with E-state index in [4.69, 9.17) is 0 Å². The lowest BCUT2D eigenvalue weighted by Gasteiger charge is -2.08. The summed E-state index contributed by atoms with van der Waals surface area (Å²) in [6.45, 7) is 2.20. The lowest BCUT2D eigenvalue weighted by molar-refractivity contribution is 1.13. The van der Waals surface area contributed by atoms with Crippen LogP contribution >= 0.6 is 66.3 Å². The highest BCUT2D eigenvalue weighted by molar-refractivity contribution is 9.11. The first-order chi connectivity index (χ1) is 8.65. The van der Waals surface area contributed by atoms with E-state index >= 15 is 0 Å². The number of thioether (sulfide) groups is 1. The van der Waals surface area contributed by atoms with Gasteiger partial charge in [0.05, 0.1) is 8.61 Å². The smallest absolute Gasteiger partial charge is 0.0749 e. The molecule has 0 spiro atoms. The fourth-order valence-corrected chi connectivity index (χ4v) is 7.32. The Bertz CT molecular complexity index is 547. The summed E-state index contributed by atoms with van der Waals surface area (Å²) in [5.41, 5.74) is 2.96. The molecule has 3 rings (SSSR count). The van der Waals surface area contributed by atoms with E-state index in [1.807, 2.05) is 22.7 Å². The van der Waals surface area contributed by atoms with Gasteiger partial charge in [0.1, 0.15) is 0 Å². The third-order valence-electron chi connectivity index (χ3n) is 3.10. The van der Waals surface area contributed by atoms with Crippen molar-refractivity contribution in [1.29, 1.82) is 0 Å². The van der Waals surface area contributed by atoms with Crippen LogP contribution in [0.1, 0.15) is 30.6 Å². The quantitative estimate of drug-likeness (QED) is 0.521. The van der Waals surface area contributed by atoms with Gasteiger partial charge in [-0.2, -0.15) is 11.8 Å². The molecular formula is C13H12Br2S3. The maximum Gasteiger partial charge on any atom is 0.0749 e. The maximum absolute atomic E-state index is 3.87. The number of alkyl halides is 1. The molecule has 5 heteroatoms. The summed E-state index contributed by atoms with van der Waals surface area (Å²) in [5.74, 6) is 2.47. The molecule has 3 heterocycles. The average molecular weight is 424 g/mol. The molecule has 1 aliphatic heterocycles. The molecule has 0 amide bonds. The molecule has 0 radical (unpaired) electrons. The van der Waals surface area contributed by atoms with Gasteiger partial charge >= 0.3 is 0 Å². The van der Waals surface area contributed by atoms with E-state index in [-0.39, 0.29) is 0 Å². The Balaban J connectivity index is 1.94. The zero-order chi connectivity index (χ0) is 12.7. The third kappa shape index (κ3) is 2.62. The Kier molecular flexibility index (Phi) is 4.26. The molecule has 0 bridgehead atoms. The molecule has 0 nitrogen and oxygen atoms in total. The summed E-state index contributed by atoms with van der Waals surface area (Å²) in [5, 5.41) is 0. The largest absolute Gasteiger partial charge is 0.157 e. The summed E-state index contributed by atoms with van der Waals surface area (Å²) >= 11 is 13.3. The second-order valence-electron chi connectivity index (χ2n) is 4.32. The summed E-state index contributed by atoms with van der Waals surface area (Å²) < 4.78 is 1.22. The average Bonchev–Trinajstić information content (AvgIpc) is 2.91. The van der Waals surface area contributed by atoms with Gasteiger partial charge in [0.25, 0.3) is 0 Å². The fourth-order valence-electron chi connectivity index (χ4n) is 2.16. The van der Waals surface area contributed by atoms with Crippen molar-refractivity contribution in [2.24, 2.45) is 0 Å². The van der Waals surface area contributed by atoms with Crippen molar-refractivity contribution in [3.63, 3.8) is 0 Å². The molecule has 0 saturated heterocycles. The lowest BCUT2D eigenvalue weighted by Crippen LogP contribution is -1.96. The van der Waals surface area contributed by atoms with E-state index in [0.29, 0.717) is 4.83 Å². The van der Waals surface area contributed by atoms with Crippen LogP contribution in [-0.4, -0.2) is 5.75 Å². The van der Waals surface area contributed by atoms with Gasteiger partial charge < -0.3 is 0 Å². The van der Waals surface area contributed by atoms with Crippen LogP contribution in [-0.2, 0) is 12.2 Å². The standard InChI is InChI=1S/C13H12Br2S3/c1-7-9(5-12(14)17-7)13(15)11-4-8-6-16-3-2-10(8)18-11/h4-5,13H,2-3,6H2,1H3. The topological polar surface area (TPSA) is 0 Å². The van der Waals surface area contributed by atoms with Crippen molar-refractivity contribution >= 4 is 66.3 Å². The maximum atomic E-state index is 3.87. The second-order valence-corrected chi connectivity index (χ2v) is 10.1. The molecule has 0 fully saturated rings. The fraction of sp³-hybridized carbons (Fsp3) is 0.385. The highest BCUT2D eigenvalue weighted by Gasteiger charge is 2.21. The van der Waals surface area contributed by atoms with E-state index < -0.39 is 0 Å². The molecule has 2 aromatic heterocycles. The van der Waals surface area contributed by atoms with Crippen molar-refractivity contribution in [1.82, 2.24) is 0 Å². The lowest BCUT2D eigenvalue weighted by atomic mass is 10.1. The summed E-state index contributed by atoms with van der Waals surface area (Å²) in [6, 6.07) is 4.64. The Hall–Kier alpha value is 0.710. The first-order valence-electron chi connectivity index (χ1n) is 5.74. The van der Waals surface area contributed by atoms with Gasteiger partial charge in [0.2, 0.25) is 0 Å². The monoisotopic (exact) mass is 422 g/mol. The number of thiophene rings is 2. The van der Waals surface area contributed by atoms with Crippen molar-refractivity contribution in [2.45, 2.75) is 23.9 Å². The predicted molar refractivity (Wildman–Crippen MR) is 91.7 cm³/mol. The van der Waals surface area contributed by atoms with Gasteiger partial charge in [0, 0.05) is 20.4 Å². The summed E-state index contributed by atoms with van der Waals surface area (Å²) in [7, 11) is 0. The molecule has 1 atom stereocenters. The van der Waals surface area contributed by atoms with Gasteiger partial charge in [-0.1, -0.05) is 15.9 Å². The number of aryl methyl sites for hydroxylation is 2. The minimum atomic E-state index is 0.348. The number of hydrogen-bond acceptors (Lipinski definition) is 3. The Morgan fingerprint density at radius 1 is 1.28 bits per heavy atom. The Labute approximate surface area is 136 Å². The van der Waals surface area contributed by atoms with Crippen molar-refractivity contribution < 1.29 is 0 Å². The molecule has 96 valence electrons. The van der Waals surface area contributed by atoms with E-state index in [0.717, 1.165) is 0 Å². The van der Waals surface area contributed by atoms with Gasteiger partial charge in [0.15, 0.2) is 0 Å². The number of hydrogen-bond donors (Lipinski definition) is 0. The van der Waals surface area contributed by atoms with Gasteiger partial charge in [-0.15, -0.1) is 22.7 Å². The van der Waals surface area contributed by atoms with Crippen molar-refractivity contribution in [2.75, 3.05) is 5.75 Å². The van der Waals surface area contributed by atoms with Crippen LogP contribution in [0.3, 0.4) is 0 Å². The third-order valence-corrected chi connectivity index (χ3v) is 8.26. The van der Waals surface area contributed by atoms with Crippen molar-refractivity contribution in [3.8, 4) is 0 Å². The molecule has 0 aliphatic carbocycles. The SMILES string of the molecule is Cc1sc(Br)cc1C(Br)c1cc2c(s1)CCSC2. The molecule has 0 saturated carbocycles. The van der Waals surface area contributed by atoms with Crippen LogP contribution < -0.4 is 0 Å². The predicted octanol–water partition coefficient (Wildman–Crippen LogP) is 6.15. The zero-order valence-corrected chi connectivity index (χ0v) is 15.5. The van der Waals surface area contributed by atoms with E-state index in [2.05, 4.69) is 62.7 Å². The number of rotatable bonds is 2. The summed E-state index contributed by atoms with van der Waals surface area (Å²) in [4.78, 5) is 4.79. The molecule has 0 aromatic carbocycles. The van der Waals surface area contributed by atoms with E-state index in [9.17, 15) is 0 Å². The van der Waals surface area contributed by atoms with Crippen LogP contribution in [0, 0.1) is 6.92 Å². The van der Waals surface area contributed by atoms with Crippen LogP contribution in [0.15, 0.2) is 15.9 Å². The zero-order valence-electron chi connectivity index (χ0n) is 9.83. The molecule has 1 unspecified atom stereocenters. The minimum Gasteiger partial charge on any atom is -0.157 e. The Morgan fingerprint density at radius 2 is 2.11 bits per heavy atom. The normalized spacial score (nSPS) is 16.6. The minimum absolute atomic E-state index is 0.348. The summed E-state index contributed by atoms with van der Waals surface area (Å²) in [6.07, 6.45) is 1.25. The van der Waals surface area contributed by atoms with Gasteiger partial charge in [-0.25, -0.2) is 0 Å². The highest BCUT2D eigenvalue weighted by atomic mass is 79.9. The first-order valence-corrected chi connectivity index (χ1v) is 10.2. The molecule has 2 aromatic rings.